The van der Waals surface area contributed by atoms with Crippen LogP contribution in [-0.4, -0.2) is 36.2 Å². The van der Waals surface area contributed by atoms with E-state index in [2.05, 4.69) is 5.32 Å². The summed E-state index contributed by atoms with van der Waals surface area (Å²) >= 11 is 0. The third kappa shape index (κ3) is 17.0. The summed E-state index contributed by atoms with van der Waals surface area (Å²) in [6.07, 6.45) is 0. The third-order valence-corrected chi connectivity index (χ3v) is 2.30. The van der Waals surface area contributed by atoms with E-state index in [1.807, 2.05) is 13.8 Å². The molecule has 0 rings (SSSR count). The molecule has 0 aromatic carbocycles. The highest BCUT2D eigenvalue weighted by Gasteiger charge is 2.27. The Balaban J connectivity index is -0.0000000750. The summed E-state index contributed by atoms with van der Waals surface area (Å²) < 4.78 is 4.76. The van der Waals surface area contributed by atoms with E-state index in [9.17, 15) is 9.59 Å². The predicted octanol–water partition coefficient (Wildman–Crippen LogP) is 4.14. The van der Waals surface area contributed by atoms with E-state index in [4.69, 9.17) is 9.84 Å². The Hall–Kier alpha value is -1.10. The molecule has 2 N–H and O–H groups in total. The summed E-state index contributed by atoms with van der Waals surface area (Å²) in [5.41, 5.74) is 0. The van der Waals surface area contributed by atoms with Crippen LogP contribution in [0.1, 0.15) is 72.3 Å². The molecule has 2 unspecified atom stereocenters. The van der Waals surface area contributed by atoms with Crippen LogP contribution in [0.3, 0.4) is 0 Å². The molecule has 0 radical (unpaired) electrons. The molecular formula is C17H45NO4. The van der Waals surface area contributed by atoms with Gasteiger partial charge in [0.15, 0.2) is 0 Å². The molecular weight excluding hydrogens is 282 g/mol. The number of aliphatic hydroxyl groups excluding tert-OH is 1. The Morgan fingerprint density at radius 3 is 1.64 bits per heavy atom. The second-order valence-electron chi connectivity index (χ2n) is 4.13. The van der Waals surface area contributed by atoms with Crippen molar-refractivity contribution in [1.29, 1.82) is 0 Å². The van der Waals surface area contributed by atoms with Crippen molar-refractivity contribution in [2.75, 3.05) is 13.2 Å². The van der Waals surface area contributed by atoms with Crippen LogP contribution in [0.25, 0.3) is 0 Å². The second kappa shape index (κ2) is 22.2. The minimum absolute atomic E-state index is 0. The van der Waals surface area contributed by atoms with Crippen LogP contribution in [0.15, 0.2) is 0 Å². The van der Waals surface area contributed by atoms with Crippen LogP contribution in [0.2, 0.25) is 0 Å². The van der Waals surface area contributed by atoms with Crippen LogP contribution in [-0.2, 0) is 14.3 Å². The second-order valence-corrected chi connectivity index (χ2v) is 4.13. The maximum absolute atomic E-state index is 11.6. The van der Waals surface area contributed by atoms with Crippen LogP contribution in [0.4, 0.5) is 0 Å². The first-order valence-electron chi connectivity index (χ1n) is 5.48. The highest BCUT2D eigenvalue weighted by atomic mass is 16.5. The van der Waals surface area contributed by atoms with Gasteiger partial charge in [0.1, 0.15) is 6.61 Å². The van der Waals surface area contributed by atoms with Crippen LogP contribution in [0, 0.1) is 11.8 Å². The molecule has 142 valence electrons. The van der Waals surface area contributed by atoms with Gasteiger partial charge in [-0.05, 0) is 13.8 Å². The highest BCUT2D eigenvalue weighted by molar-refractivity contribution is 5.84. The lowest BCUT2D eigenvalue weighted by atomic mass is 9.95. The van der Waals surface area contributed by atoms with Gasteiger partial charge in [-0.2, -0.15) is 0 Å². The van der Waals surface area contributed by atoms with Crippen molar-refractivity contribution in [3.8, 4) is 0 Å². The molecule has 0 bridgehead atoms. The lowest BCUT2D eigenvalue weighted by Gasteiger charge is -2.19. The van der Waals surface area contributed by atoms with Gasteiger partial charge in [-0.25, -0.2) is 0 Å². The zero-order valence-electron chi connectivity index (χ0n) is 10.3. The molecule has 5 nitrogen and oxygen atoms in total. The molecule has 1 amide bonds. The Bertz CT molecular complexity index is 243. The lowest BCUT2D eigenvalue weighted by Crippen LogP contribution is -2.39. The molecule has 0 aromatic heterocycles. The lowest BCUT2D eigenvalue weighted by molar-refractivity contribution is -0.153. The molecule has 22 heavy (non-hydrogen) atoms. The van der Waals surface area contributed by atoms with Gasteiger partial charge in [-0.15, -0.1) is 0 Å². The first kappa shape index (κ1) is 42.8. The molecule has 5 heteroatoms. The summed E-state index contributed by atoms with van der Waals surface area (Å²) in [4.78, 5) is 23.0. The molecule has 0 aromatic rings. The number of esters is 1. The number of hydrogen-bond acceptors (Lipinski definition) is 4. The molecule has 0 aliphatic rings. The van der Waals surface area contributed by atoms with Crippen molar-refractivity contribution < 1.29 is 19.4 Å². The Morgan fingerprint density at radius 2 is 1.32 bits per heavy atom. The zero-order valence-corrected chi connectivity index (χ0v) is 10.3. The molecule has 2 atom stereocenters. The molecule has 0 heterocycles. The van der Waals surface area contributed by atoms with E-state index in [-0.39, 0.29) is 69.7 Å². The van der Waals surface area contributed by atoms with Gasteiger partial charge in [-0.3, -0.25) is 9.59 Å². The monoisotopic (exact) mass is 327 g/mol. The molecule has 0 aliphatic carbocycles. The number of aliphatic hydroxyl groups is 1. The van der Waals surface area contributed by atoms with E-state index in [0.717, 1.165) is 0 Å². The van der Waals surface area contributed by atoms with Gasteiger partial charge < -0.3 is 15.2 Å². The summed E-state index contributed by atoms with van der Waals surface area (Å²) in [6.45, 7) is 6.82. The standard InChI is InChI=1S/C11H21NO4.6CH4/c1-7(2)12-10(14)8(3)9(4)11(15)16-6-5-13;;;;;;/h7-9,13H,5-6H2,1-4H3,(H,12,14);6*1H4. The first-order chi connectivity index (χ1) is 7.40. The van der Waals surface area contributed by atoms with Crippen molar-refractivity contribution in [1.82, 2.24) is 5.32 Å². The number of hydrogen-bond donors (Lipinski definition) is 2. The molecule has 0 fully saturated rings. The average Bonchev–Trinajstić information content (AvgIpc) is 2.22. The quantitative estimate of drug-likeness (QED) is 0.719. The van der Waals surface area contributed by atoms with E-state index >= 15 is 0 Å². The maximum Gasteiger partial charge on any atom is 0.309 e. The third-order valence-electron chi connectivity index (χ3n) is 2.30. The molecule has 0 spiro atoms. The van der Waals surface area contributed by atoms with Crippen molar-refractivity contribution in [2.45, 2.75) is 78.3 Å². The fraction of sp³-hybridized carbons (Fsp3) is 0.882. The largest absolute Gasteiger partial charge is 0.463 e. The van der Waals surface area contributed by atoms with Crippen molar-refractivity contribution in [2.24, 2.45) is 11.8 Å². The SMILES string of the molecule is C.C.C.C.C.C.CC(C)NC(=O)C(C)C(C)C(=O)OCCO. The number of carbonyl (C=O) groups is 2. The van der Waals surface area contributed by atoms with Gasteiger partial charge in [0.25, 0.3) is 0 Å². The normalized spacial score (nSPS) is 10.5. The van der Waals surface area contributed by atoms with E-state index in [0.29, 0.717) is 0 Å². The molecule has 0 saturated carbocycles. The minimum Gasteiger partial charge on any atom is -0.463 e. The zero-order chi connectivity index (χ0) is 12.7. The maximum atomic E-state index is 11.6. The number of ether oxygens (including phenoxy) is 1. The van der Waals surface area contributed by atoms with Gasteiger partial charge in [0.05, 0.1) is 12.5 Å². The first-order valence-corrected chi connectivity index (χ1v) is 5.48. The summed E-state index contributed by atoms with van der Waals surface area (Å²) in [5, 5.41) is 11.2. The number of rotatable bonds is 6. The Morgan fingerprint density at radius 1 is 0.909 bits per heavy atom. The van der Waals surface area contributed by atoms with Crippen molar-refractivity contribution in [3.05, 3.63) is 0 Å². The van der Waals surface area contributed by atoms with Crippen molar-refractivity contribution >= 4 is 11.9 Å². The molecule has 0 aliphatic heterocycles. The van der Waals surface area contributed by atoms with Gasteiger partial charge in [0, 0.05) is 12.0 Å². The minimum atomic E-state index is -0.509. The van der Waals surface area contributed by atoms with Crippen LogP contribution >= 0.6 is 0 Å². The number of nitrogens with one attached hydrogen (secondary N) is 1. The van der Waals surface area contributed by atoms with Crippen molar-refractivity contribution in [3.63, 3.8) is 0 Å². The number of carbonyl (C=O) groups excluding carboxylic acids is 2. The smallest absolute Gasteiger partial charge is 0.309 e. The van der Waals surface area contributed by atoms with E-state index in [1.165, 1.54) is 0 Å². The summed E-state index contributed by atoms with van der Waals surface area (Å²) in [6, 6.07) is 0.0515. The van der Waals surface area contributed by atoms with E-state index < -0.39 is 17.8 Å². The van der Waals surface area contributed by atoms with Crippen LogP contribution < -0.4 is 5.32 Å². The summed E-state index contributed by atoms with van der Waals surface area (Å²) in [5.74, 6) is -1.57. The van der Waals surface area contributed by atoms with Gasteiger partial charge >= 0.3 is 5.97 Å². The summed E-state index contributed by atoms with van der Waals surface area (Å²) in [7, 11) is 0. The van der Waals surface area contributed by atoms with Gasteiger partial charge in [-0.1, -0.05) is 58.4 Å². The highest BCUT2D eigenvalue weighted by Crippen LogP contribution is 2.13. The topological polar surface area (TPSA) is 75.6 Å². The fourth-order valence-electron chi connectivity index (χ4n) is 1.12. The average molecular weight is 328 g/mol. The Labute approximate surface area is 140 Å². The van der Waals surface area contributed by atoms with Crippen LogP contribution in [0.5, 0.6) is 0 Å². The predicted molar refractivity (Wildman–Crippen MR) is 100 cm³/mol. The molecule has 0 saturated heterocycles. The number of amides is 1. The van der Waals surface area contributed by atoms with Gasteiger partial charge in [0.2, 0.25) is 5.91 Å². The van der Waals surface area contributed by atoms with E-state index in [1.54, 1.807) is 13.8 Å². The Kier molecular flexibility index (Phi) is 43.2. The fourth-order valence-corrected chi connectivity index (χ4v) is 1.12.